The molecule has 0 fully saturated rings. The van der Waals surface area contributed by atoms with Crippen LogP contribution in [0.3, 0.4) is 0 Å². The van der Waals surface area contributed by atoms with Crippen molar-refractivity contribution in [1.29, 1.82) is 0 Å². The quantitative estimate of drug-likeness (QED) is 0.644. The van der Waals surface area contributed by atoms with Gasteiger partial charge < -0.3 is 5.11 Å². The van der Waals surface area contributed by atoms with Gasteiger partial charge in [-0.3, -0.25) is 0 Å². The van der Waals surface area contributed by atoms with Crippen LogP contribution in [0.5, 0.6) is 0 Å². The largest absolute Gasteiger partial charge is 0.392 e. The number of aliphatic hydroxyl groups is 1. The second-order valence-corrected chi connectivity index (χ2v) is 6.32. The van der Waals surface area contributed by atoms with E-state index in [9.17, 15) is 5.11 Å². The first-order chi connectivity index (χ1) is 9.83. The van der Waals surface area contributed by atoms with E-state index in [-0.39, 0.29) is 6.10 Å². The molecule has 112 valence electrons. The Kier molecular flexibility index (Phi) is 6.59. The van der Waals surface area contributed by atoms with Crippen LogP contribution in [0.25, 0.3) is 0 Å². The van der Waals surface area contributed by atoms with Gasteiger partial charge in [-0.2, -0.15) is 0 Å². The monoisotopic (exact) mass is 274 g/mol. The highest BCUT2D eigenvalue weighted by molar-refractivity contribution is 5.33. The van der Waals surface area contributed by atoms with Crippen molar-refractivity contribution in [3.63, 3.8) is 0 Å². The summed E-state index contributed by atoms with van der Waals surface area (Å²) in [6.45, 7) is 2.25. The molecule has 1 aliphatic carbocycles. The second-order valence-electron chi connectivity index (χ2n) is 6.32. The van der Waals surface area contributed by atoms with Crippen LogP contribution in [0, 0.1) is 0 Å². The third-order valence-electron chi connectivity index (χ3n) is 4.73. The fourth-order valence-corrected chi connectivity index (χ4v) is 3.53. The molecule has 0 aliphatic heterocycles. The van der Waals surface area contributed by atoms with Crippen LogP contribution in [0.15, 0.2) is 24.3 Å². The zero-order chi connectivity index (χ0) is 14.2. The molecule has 1 aromatic carbocycles. The lowest BCUT2D eigenvalue weighted by Crippen LogP contribution is -2.22. The number of aryl methyl sites for hydroxylation is 1. The molecule has 0 spiro atoms. The number of benzene rings is 1. The summed E-state index contributed by atoms with van der Waals surface area (Å²) in [5.74, 6) is 0.385. The molecule has 2 rings (SSSR count). The van der Waals surface area contributed by atoms with Crippen LogP contribution in [0.1, 0.15) is 81.8 Å². The number of fused-ring (bicyclic) bond motifs is 1. The first-order valence-corrected chi connectivity index (χ1v) is 8.58. The maximum absolute atomic E-state index is 10.5. The molecule has 1 aliphatic rings. The zero-order valence-corrected chi connectivity index (χ0v) is 13.0. The van der Waals surface area contributed by atoms with Crippen molar-refractivity contribution in [1.82, 2.24) is 0 Å². The van der Waals surface area contributed by atoms with Crippen LogP contribution in [0.4, 0.5) is 0 Å². The minimum absolute atomic E-state index is 0.136. The normalized spacial score (nSPS) is 19.6. The molecule has 2 atom stereocenters. The third-order valence-corrected chi connectivity index (χ3v) is 4.73. The summed E-state index contributed by atoms with van der Waals surface area (Å²) in [5, 5.41) is 10.5. The zero-order valence-electron chi connectivity index (χ0n) is 13.0. The van der Waals surface area contributed by atoms with Gasteiger partial charge >= 0.3 is 0 Å². The first kappa shape index (κ1) is 15.6. The molecule has 2 unspecified atom stereocenters. The Morgan fingerprint density at radius 1 is 1.10 bits per heavy atom. The van der Waals surface area contributed by atoms with Gasteiger partial charge in [-0.05, 0) is 36.8 Å². The second kappa shape index (κ2) is 8.46. The van der Waals surface area contributed by atoms with Gasteiger partial charge in [0.1, 0.15) is 0 Å². The maximum atomic E-state index is 10.5. The fraction of sp³-hybridized carbons (Fsp3) is 0.684. The van der Waals surface area contributed by atoms with E-state index in [0.29, 0.717) is 5.92 Å². The molecule has 1 N–H and O–H groups in total. The number of hydrogen-bond donors (Lipinski definition) is 1. The SMILES string of the molecule is CCCCCCCCC(O)C1CCCc2ccccc21. The summed E-state index contributed by atoms with van der Waals surface area (Å²) in [7, 11) is 0. The Hall–Kier alpha value is -0.820. The van der Waals surface area contributed by atoms with E-state index in [2.05, 4.69) is 31.2 Å². The Morgan fingerprint density at radius 3 is 2.70 bits per heavy atom. The van der Waals surface area contributed by atoms with Crippen LogP contribution in [0.2, 0.25) is 0 Å². The fourth-order valence-electron chi connectivity index (χ4n) is 3.53. The molecule has 0 radical (unpaired) electrons. The van der Waals surface area contributed by atoms with Gasteiger partial charge in [-0.1, -0.05) is 69.7 Å². The van der Waals surface area contributed by atoms with Crippen LogP contribution in [-0.2, 0) is 6.42 Å². The van der Waals surface area contributed by atoms with E-state index < -0.39 is 0 Å². The Morgan fingerprint density at radius 2 is 1.85 bits per heavy atom. The highest BCUT2D eigenvalue weighted by atomic mass is 16.3. The van der Waals surface area contributed by atoms with Crippen LogP contribution in [-0.4, -0.2) is 11.2 Å². The molecular formula is C19H30O. The highest BCUT2D eigenvalue weighted by Crippen LogP contribution is 2.35. The van der Waals surface area contributed by atoms with Gasteiger partial charge in [-0.25, -0.2) is 0 Å². The van der Waals surface area contributed by atoms with E-state index in [1.165, 1.54) is 62.5 Å². The molecule has 0 saturated carbocycles. The number of unbranched alkanes of at least 4 members (excludes halogenated alkanes) is 5. The van der Waals surface area contributed by atoms with Crippen molar-refractivity contribution in [2.24, 2.45) is 0 Å². The average Bonchev–Trinajstić information content (AvgIpc) is 2.50. The van der Waals surface area contributed by atoms with E-state index in [4.69, 9.17) is 0 Å². The van der Waals surface area contributed by atoms with E-state index in [1.807, 2.05) is 0 Å². The number of hydrogen-bond acceptors (Lipinski definition) is 1. The standard InChI is InChI=1S/C19H30O/c1-2-3-4-5-6-7-15-19(20)18-14-10-12-16-11-8-9-13-17(16)18/h8-9,11,13,18-20H,2-7,10,12,14-15H2,1H3. The Labute approximate surface area is 124 Å². The number of rotatable bonds is 8. The molecule has 1 nitrogen and oxygen atoms in total. The van der Waals surface area contributed by atoms with Crippen LogP contribution >= 0.6 is 0 Å². The average molecular weight is 274 g/mol. The van der Waals surface area contributed by atoms with Crippen molar-refractivity contribution < 1.29 is 5.11 Å². The summed E-state index contributed by atoms with van der Waals surface area (Å²) < 4.78 is 0. The highest BCUT2D eigenvalue weighted by Gasteiger charge is 2.25. The van der Waals surface area contributed by atoms with Crippen LogP contribution < -0.4 is 0 Å². The minimum Gasteiger partial charge on any atom is -0.392 e. The summed E-state index contributed by atoms with van der Waals surface area (Å²) in [4.78, 5) is 0. The third kappa shape index (κ3) is 4.34. The maximum Gasteiger partial charge on any atom is 0.0608 e. The topological polar surface area (TPSA) is 20.2 Å². The smallest absolute Gasteiger partial charge is 0.0608 e. The molecule has 1 heteroatoms. The van der Waals surface area contributed by atoms with Gasteiger partial charge in [0.05, 0.1) is 6.10 Å². The summed E-state index contributed by atoms with van der Waals surface area (Å²) in [6.07, 6.45) is 12.3. The number of aliphatic hydroxyl groups excluding tert-OH is 1. The lowest BCUT2D eigenvalue weighted by molar-refractivity contribution is 0.122. The molecule has 0 saturated heterocycles. The first-order valence-electron chi connectivity index (χ1n) is 8.58. The molecule has 0 bridgehead atoms. The predicted octanol–water partition coefficient (Wildman–Crippen LogP) is 5.22. The summed E-state index contributed by atoms with van der Waals surface area (Å²) >= 11 is 0. The van der Waals surface area contributed by atoms with Gasteiger partial charge in [0.15, 0.2) is 0 Å². The summed E-state index contributed by atoms with van der Waals surface area (Å²) in [6, 6.07) is 8.71. The van der Waals surface area contributed by atoms with Crippen molar-refractivity contribution in [3.8, 4) is 0 Å². The van der Waals surface area contributed by atoms with Gasteiger partial charge in [0, 0.05) is 5.92 Å². The van der Waals surface area contributed by atoms with E-state index in [1.54, 1.807) is 0 Å². The Bertz CT molecular complexity index is 385. The molecule has 20 heavy (non-hydrogen) atoms. The van der Waals surface area contributed by atoms with Gasteiger partial charge in [0.2, 0.25) is 0 Å². The molecule has 1 aromatic rings. The van der Waals surface area contributed by atoms with Crippen molar-refractivity contribution >= 4 is 0 Å². The summed E-state index contributed by atoms with van der Waals surface area (Å²) in [5.41, 5.74) is 2.88. The van der Waals surface area contributed by atoms with Gasteiger partial charge in [0.25, 0.3) is 0 Å². The Balaban J connectivity index is 1.77. The molecule has 0 heterocycles. The lowest BCUT2D eigenvalue weighted by atomic mass is 9.78. The van der Waals surface area contributed by atoms with E-state index >= 15 is 0 Å². The van der Waals surface area contributed by atoms with Crippen molar-refractivity contribution in [2.75, 3.05) is 0 Å². The van der Waals surface area contributed by atoms with Gasteiger partial charge in [-0.15, -0.1) is 0 Å². The molecular weight excluding hydrogens is 244 g/mol. The minimum atomic E-state index is -0.136. The predicted molar refractivity (Wildman–Crippen MR) is 86.1 cm³/mol. The molecule has 0 amide bonds. The molecule has 0 aromatic heterocycles. The van der Waals surface area contributed by atoms with E-state index in [0.717, 1.165) is 12.8 Å². The van der Waals surface area contributed by atoms with Crippen molar-refractivity contribution in [3.05, 3.63) is 35.4 Å². The van der Waals surface area contributed by atoms with Crippen molar-refractivity contribution in [2.45, 2.75) is 83.2 Å². The lowest BCUT2D eigenvalue weighted by Gasteiger charge is -2.29.